The summed E-state index contributed by atoms with van der Waals surface area (Å²) < 4.78 is 26.8. The van der Waals surface area contributed by atoms with Gasteiger partial charge in [0.05, 0.1) is 4.90 Å². The number of sulfonamides is 1. The lowest BCUT2D eigenvalue weighted by Gasteiger charge is -2.34. The zero-order chi connectivity index (χ0) is 15.0. The number of piperazine rings is 1. The zero-order valence-corrected chi connectivity index (χ0v) is 13.4. The van der Waals surface area contributed by atoms with Crippen molar-refractivity contribution in [3.8, 4) is 0 Å². The molecule has 1 heterocycles. The van der Waals surface area contributed by atoms with Crippen LogP contribution >= 0.6 is 12.2 Å². The fraction of sp³-hybridized carbons (Fsp3) is 0.500. The molecule has 2 aliphatic rings. The molecule has 0 unspecified atom stereocenters. The van der Waals surface area contributed by atoms with Gasteiger partial charge in [-0.05, 0) is 25.0 Å². The molecule has 1 aliphatic carbocycles. The summed E-state index contributed by atoms with van der Waals surface area (Å²) in [6.07, 6.45) is 2.51. The van der Waals surface area contributed by atoms with Crippen LogP contribution in [0.15, 0.2) is 29.2 Å². The Morgan fingerprint density at radius 2 is 1.67 bits per heavy atom. The van der Waals surface area contributed by atoms with Gasteiger partial charge in [0.1, 0.15) is 4.99 Å². The van der Waals surface area contributed by atoms with Crippen molar-refractivity contribution in [3.63, 3.8) is 0 Å². The SMILES string of the molecule is NC(=S)c1ccc(S(=O)(=O)N2CCN(C3CC3)CC2)cc1. The first kappa shape index (κ1) is 14.9. The largest absolute Gasteiger partial charge is 0.389 e. The van der Waals surface area contributed by atoms with Gasteiger partial charge in [-0.3, -0.25) is 4.90 Å². The lowest BCUT2D eigenvalue weighted by molar-refractivity contribution is 0.180. The van der Waals surface area contributed by atoms with Gasteiger partial charge in [0, 0.05) is 37.8 Å². The first-order valence-electron chi connectivity index (χ1n) is 7.12. The minimum Gasteiger partial charge on any atom is -0.389 e. The van der Waals surface area contributed by atoms with E-state index in [0.717, 1.165) is 13.1 Å². The van der Waals surface area contributed by atoms with E-state index in [1.54, 1.807) is 28.6 Å². The fourth-order valence-electron chi connectivity index (χ4n) is 2.69. The van der Waals surface area contributed by atoms with E-state index in [1.807, 2.05) is 0 Å². The first-order valence-corrected chi connectivity index (χ1v) is 8.97. The van der Waals surface area contributed by atoms with Crippen LogP contribution in [0, 0.1) is 0 Å². The van der Waals surface area contributed by atoms with Gasteiger partial charge in [0.2, 0.25) is 10.0 Å². The molecule has 0 radical (unpaired) electrons. The molecule has 0 amide bonds. The van der Waals surface area contributed by atoms with Crippen molar-refractivity contribution >= 4 is 27.2 Å². The minimum atomic E-state index is -3.41. The lowest BCUT2D eigenvalue weighted by atomic mass is 10.2. The summed E-state index contributed by atoms with van der Waals surface area (Å²) in [6, 6.07) is 7.18. The zero-order valence-electron chi connectivity index (χ0n) is 11.7. The highest BCUT2D eigenvalue weighted by molar-refractivity contribution is 7.89. The summed E-state index contributed by atoms with van der Waals surface area (Å²) in [5, 5.41) is 0. The molecule has 0 aromatic heterocycles. The van der Waals surface area contributed by atoms with Crippen LogP contribution < -0.4 is 5.73 Å². The lowest BCUT2D eigenvalue weighted by Crippen LogP contribution is -2.49. The molecule has 0 bridgehead atoms. The third-order valence-corrected chi connectivity index (χ3v) is 6.26. The summed E-state index contributed by atoms with van der Waals surface area (Å²) in [7, 11) is -3.41. The topological polar surface area (TPSA) is 66.6 Å². The van der Waals surface area contributed by atoms with Crippen LogP contribution in [0.3, 0.4) is 0 Å². The highest BCUT2D eigenvalue weighted by Crippen LogP contribution is 2.28. The first-order chi connectivity index (χ1) is 9.98. The van der Waals surface area contributed by atoms with Crippen LogP contribution in [0.25, 0.3) is 0 Å². The van der Waals surface area contributed by atoms with Crippen LogP contribution in [0.1, 0.15) is 18.4 Å². The van der Waals surface area contributed by atoms with Gasteiger partial charge in [0.15, 0.2) is 0 Å². The van der Waals surface area contributed by atoms with Gasteiger partial charge < -0.3 is 5.73 Å². The van der Waals surface area contributed by atoms with Crippen molar-refractivity contribution in [1.82, 2.24) is 9.21 Å². The summed E-state index contributed by atoms with van der Waals surface area (Å²) in [5.41, 5.74) is 6.21. The van der Waals surface area contributed by atoms with E-state index in [2.05, 4.69) is 4.90 Å². The second-order valence-electron chi connectivity index (χ2n) is 5.56. The second kappa shape index (κ2) is 5.64. The Kier molecular flexibility index (Phi) is 4.00. The van der Waals surface area contributed by atoms with Crippen LogP contribution in [-0.2, 0) is 10.0 Å². The van der Waals surface area contributed by atoms with Crippen molar-refractivity contribution in [2.24, 2.45) is 5.73 Å². The smallest absolute Gasteiger partial charge is 0.243 e. The molecule has 3 rings (SSSR count). The van der Waals surface area contributed by atoms with E-state index >= 15 is 0 Å². The summed E-state index contributed by atoms with van der Waals surface area (Å²) in [6.45, 7) is 2.79. The molecule has 1 aliphatic heterocycles. The van der Waals surface area contributed by atoms with E-state index in [9.17, 15) is 8.42 Å². The highest BCUT2D eigenvalue weighted by Gasteiger charge is 2.34. The summed E-state index contributed by atoms with van der Waals surface area (Å²) in [5.74, 6) is 0. The predicted molar refractivity (Wildman–Crippen MR) is 85.7 cm³/mol. The molecule has 2 N–H and O–H groups in total. The van der Waals surface area contributed by atoms with Crippen LogP contribution in [0.2, 0.25) is 0 Å². The number of thiocarbonyl (C=S) groups is 1. The van der Waals surface area contributed by atoms with Crippen LogP contribution in [0.4, 0.5) is 0 Å². The van der Waals surface area contributed by atoms with Gasteiger partial charge >= 0.3 is 0 Å². The van der Waals surface area contributed by atoms with Gasteiger partial charge in [-0.1, -0.05) is 24.4 Å². The molecule has 5 nitrogen and oxygen atoms in total. The maximum atomic E-state index is 12.6. The molecular weight excluding hydrogens is 306 g/mol. The van der Waals surface area contributed by atoms with Crippen LogP contribution in [0.5, 0.6) is 0 Å². The average Bonchev–Trinajstić information content (AvgIpc) is 3.32. The third kappa shape index (κ3) is 3.11. The fourth-order valence-corrected chi connectivity index (χ4v) is 4.25. The maximum absolute atomic E-state index is 12.6. The number of hydrogen-bond acceptors (Lipinski definition) is 4. The molecular formula is C14H19N3O2S2. The molecule has 0 spiro atoms. The average molecular weight is 325 g/mol. The normalized spacial score (nSPS) is 21.3. The molecule has 1 aromatic carbocycles. The summed E-state index contributed by atoms with van der Waals surface area (Å²) in [4.78, 5) is 2.97. The monoisotopic (exact) mass is 325 g/mol. The van der Waals surface area contributed by atoms with Gasteiger partial charge in [-0.2, -0.15) is 4.31 Å². The Bertz CT molecular complexity index is 631. The molecule has 7 heteroatoms. The Morgan fingerprint density at radius 3 is 2.14 bits per heavy atom. The van der Waals surface area contributed by atoms with Gasteiger partial charge in [-0.25, -0.2) is 8.42 Å². The maximum Gasteiger partial charge on any atom is 0.243 e. The molecule has 2 fully saturated rings. The Labute approximate surface area is 130 Å². The van der Waals surface area contributed by atoms with E-state index in [0.29, 0.717) is 29.6 Å². The van der Waals surface area contributed by atoms with Crippen molar-refractivity contribution in [2.75, 3.05) is 26.2 Å². The minimum absolute atomic E-state index is 0.275. The number of benzene rings is 1. The van der Waals surface area contributed by atoms with E-state index in [-0.39, 0.29) is 4.99 Å². The molecule has 114 valence electrons. The number of nitrogens with zero attached hydrogens (tertiary/aromatic N) is 2. The molecule has 21 heavy (non-hydrogen) atoms. The number of rotatable bonds is 4. The highest BCUT2D eigenvalue weighted by atomic mass is 32.2. The van der Waals surface area contributed by atoms with Crippen LogP contribution in [-0.4, -0.2) is 54.8 Å². The van der Waals surface area contributed by atoms with E-state index in [1.165, 1.54) is 12.8 Å². The van der Waals surface area contributed by atoms with Gasteiger partial charge in [0.25, 0.3) is 0 Å². The summed E-state index contributed by atoms with van der Waals surface area (Å²) >= 11 is 4.88. The number of hydrogen-bond donors (Lipinski definition) is 1. The van der Waals surface area contributed by atoms with Crippen molar-refractivity contribution < 1.29 is 8.42 Å². The molecule has 0 atom stereocenters. The van der Waals surface area contributed by atoms with Gasteiger partial charge in [-0.15, -0.1) is 0 Å². The quantitative estimate of drug-likeness (QED) is 0.829. The Morgan fingerprint density at radius 1 is 1.10 bits per heavy atom. The van der Waals surface area contributed by atoms with Crippen molar-refractivity contribution in [2.45, 2.75) is 23.8 Å². The van der Waals surface area contributed by atoms with E-state index < -0.39 is 10.0 Å². The standard InChI is InChI=1S/C14H19N3O2S2/c15-14(20)11-1-5-13(6-2-11)21(18,19)17-9-7-16(8-10-17)12-3-4-12/h1-2,5-6,12H,3-4,7-10H2,(H2,15,20). The molecule has 1 aromatic rings. The third-order valence-electron chi connectivity index (χ3n) is 4.11. The Balaban J connectivity index is 1.72. The van der Waals surface area contributed by atoms with Crippen molar-refractivity contribution in [1.29, 1.82) is 0 Å². The second-order valence-corrected chi connectivity index (χ2v) is 7.94. The number of nitrogens with two attached hydrogens (primary N) is 1. The van der Waals surface area contributed by atoms with Crippen molar-refractivity contribution in [3.05, 3.63) is 29.8 Å². The Hall–Kier alpha value is -1.02. The molecule has 1 saturated heterocycles. The molecule has 1 saturated carbocycles. The predicted octanol–water partition coefficient (Wildman–Crippen LogP) is 0.789. The van der Waals surface area contributed by atoms with E-state index in [4.69, 9.17) is 18.0 Å².